The Morgan fingerprint density at radius 2 is 1.90 bits per heavy atom. The summed E-state index contributed by atoms with van der Waals surface area (Å²) in [6.07, 6.45) is 7.29. The molecule has 0 aliphatic heterocycles. The molecule has 1 aromatic carbocycles. The molecule has 0 bridgehead atoms. The summed E-state index contributed by atoms with van der Waals surface area (Å²) in [5.74, 6) is 2.53. The van der Waals surface area contributed by atoms with Crippen LogP contribution in [0.25, 0.3) is 11.3 Å². The topological polar surface area (TPSA) is 121 Å². The highest BCUT2D eigenvalue weighted by atomic mass is 16.5. The lowest BCUT2D eigenvalue weighted by Crippen LogP contribution is -2.34. The number of methoxy groups -OCH3 is 1. The van der Waals surface area contributed by atoms with E-state index in [4.69, 9.17) is 14.7 Å². The summed E-state index contributed by atoms with van der Waals surface area (Å²) in [7, 11) is 3.65. The number of aromatic amines is 1. The standard InChI is InChI=1S/C22H25N7O2/c1-24-14-6-8-16(9-7-14)31-19-5-3-4-18(30-2)22(19)17-10-20(29-28-17)27-21-13-25-15(11-23)12-26-21/h3-5,10,12-14,16,24H,6-9H2,1-2H3,(H2,26,27,28,29). The van der Waals surface area contributed by atoms with E-state index >= 15 is 0 Å². The number of rotatable bonds is 7. The zero-order valence-corrected chi connectivity index (χ0v) is 17.6. The van der Waals surface area contributed by atoms with Gasteiger partial charge in [-0.3, -0.25) is 5.10 Å². The number of H-pyrrole nitrogens is 1. The maximum Gasteiger partial charge on any atom is 0.158 e. The van der Waals surface area contributed by atoms with Gasteiger partial charge >= 0.3 is 0 Å². The number of hydrogen-bond acceptors (Lipinski definition) is 8. The van der Waals surface area contributed by atoms with Gasteiger partial charge in [0.1, 0.15) is 23.4 Å². The van der Waals surface area contributed by atoms with Crippen molar-refractivity contribution in [2.75, 3.05) is 19.5 Å². The first-order valence-electron chi connectivity index (χ1n) is 10.3. The molecular weight excluding hydrogens is 394 g/mol. The van der Waals surface area contributed by atoms with E-state index in [9.17, 15) is 0 Å². The zero-order chi connectivity index (χ0) is 21.6. The molecule has 1 aliphatic carbocycles. The monoisotopic (exact) mass is 419 g/mol. The van der Waals surface area contributed by atoms with Crippen LogP contribution in [-0.2, 0) is 0 Å². The van der Waals surface area contributed by atoms with Crippen LogP contribution in [0, 0.1) is 11.3 Å². The molecule has 31 heavy (non-hydrogen) atoms. The van der Waals surface area contributed by atoms with Gasteiger partial charge < -0.3 is 20.1 Å². The smallest absolute Gasteiger partial charge is 0.158 e. The van der Waals surface area contributed by atoms with E-state index in [1.807, 2.05) is 37.4 Å². The number of benzene rings is 1. The molecule has 0 atom stereocenters. The number of aromatic nitrogens is 4. The molecule has 3 N–H and O–H groups in total. The summed E-state index contributed by atoms with van der Waals surface area (Å²) >= 11 is 0. The van der Waals surface area contributed by atoms with Gasteiger partial charge in [0.05, 0.1) is 36.9 Å². The maximum absolute atomic E-state index is 8.85. The molecule has 1 aliphatic rings. The number of ether oxygens (including phenoxy) is 2. The molecule has 2 aromatic heterocycles. The summed E-state index contributed by atoms with van der Waals surface area (Å²) in [6.45, 7) is 0. The molecule has 0 amide bonds. The van der Waals surface area contributed by atoms with Crippen molar-refractivity contribution in [3.63, 3.8) is 0 Å². The Balaban J connectivity index is 1.55. The molecular formula is C22H25N7O2. The van der Waals surface area contributed by atoms with Crippen molar-refractivity contribution in [3.8, 4) is 28.8 Å². The van der Waals surface area contributed by atoms with Gasteiger partial charge in [-0.15, -0.1) is 0 Å². The first kappa shape index (κ1) is 20.6. The Kier molecular flexibility index (Phi) is 6.29. The highest BCUT2D eigenvalue weighted by Crippen LogP contribution is 2.39. The van der Waals surface area contributed by atoms with Gasteiger partial charge in [-0.05, 0) is 44.9 Å². The number of nitrogens with zero attached hydrogens (tertiary/aromatic N) is 4. The first-order valence-corrected chi connectivity index (χ1v) is 10.3. The second-order valence-electron chi connectivity index (χ2n) is 7.40. The molecule has 9 heteroatoms. The normalized spacial score (nSPS) is 18.2. The lowest BCUT2D eigenvalue weighted by Gasteiger charge is -2.29. The van der Waals surface area contributed by atoms with E-state index in [1.165, 1.54) is 12.4 Å². The van der Waals surface area contributed by atoms with E-state index in [-0.39, 0.29) is 11.8 Å². The molecule has 0 radical (unpaired) electrons. The quantitative estimate of drug-likeness (QED) is 0.533. The van der Waals surface area contributed by atoms with Crippen molar-refractivity contribution in [2.45, 2.75) is 37.8 Å². The fourth-order valence-corrected chi connectivity index (χ4v) is 3.79. The third kappa shape index (κ3) is 4.75. The van der Waals surface area contributed by atoms with Gasteiger partial charge in [-0.2, -0.15) is 10.4 Å². The molecule has 9 nitrogen and oxygen atoms in total. The Morgan fingerprint density at radius 3 is 2.58 bits per heavy atom. The molecule has 0 saturated heterocycles. The minimum Gasteiger partial charge on any atom is -0.496 e. The van der Waals surface area contributed by atoms with Gasteiger partial charge in [-0.25, -0.2) is 9.97 Å². The van der Waals surface area contributed by atoms with E-state index in [1.54, 1.807) is 7.11 Å². The summed E-state index contributed by atoms with van der Waals surface area (Å²) in [5, 5.41) is 22.7. The third-order valence-electron chi connectivity index (χ3n) is 5.45. The predicted octanol–water partition coefficient (Wildman–Crippen LogP) is 3.40. The van der Waals surface area contributed by atoms with E-state index in [2.05, 4.69) is 30.8 Å². The largest absolute Gasteiger partial charge is 0.496 e. The van der Waals surface area contributed by atoms with Crippen LogP contribution in [0.15, 0.2) is 36.7 Å². The van der Waals surface area contributed by atoms with Crippen LogP contribution < -0.4 is 20.1 Å². The van der Waals surface area contributed by atoms with Crippen molar-refractivity contribution in [1.29, 1.82) is 5.26 Å². The lowest BCUT2D eigenvalue weighted by molar-refractivity contribution is 0.142. The highest BCUT2D eigenvalue weighted by molar-refractivity contribution is 5.76. The molecule has 0 spiro atoms. The van der Waals surface area contributed by atoms with Crippen molar-refractivity contribution >= 4 is 11.6 Å². The average Bonchev–Trinajstić information content (AvgIpc) is 3.27. The van der Waals surface area contributed by atoms with Crippen LogP contribution in [0.1, 0.15) is 31.4 Å². The highest BCUT2D eigenvalue weighted by Gasteiger charge is 2.24. The van der Waals surface area contributed by atoms with E-state index < -0.39 is 0 Å². The molecule has 160 valence electrons. The second kappa shape index (κ2) is 9.45. The van der Waals surface area contributed by atoms with Crippen LogP contribution in [-0.4, -0.2) is 46.5 Å². The average molecular weight is 419 g/mol. The van der Waals surface area contributed by atoms with Crippen LogP contribution in [0.4, 0.5) is 11.6 Å². The predicted molar refractivity (Wildman–Crippen MR) is 116 cm³/mol. The van der Waals surface area contributed by atoms with Crippen molar-refractivity contribution in [1.82, 2.24) is 25.5 Å². The first-order chi connectivity index (χ1) is 15.2. The fourth-order valence-electron chi connectivity index (χ4n) is 3.79. The molecule has 1 fully saturated rings. The Morgan fingerprint density at radius 1 is 1.10 bits per heavy atom. The number of nitriles is 1. The van der Waals surface area contributed by atoms with E-state index in [0.29, 0.717) is 23.4 Å². The van der Waals surface area contributed by atoms with Crippen LogP contribution in [0.2, 0.25) is 0 Å². The molecule has 3 aromatic rings. The van der Waals surface area contributed by atoms with Crippen molar-refractivity contribution in [2.24, 2.45) is 0 Å². The lowest BCUT2D eigenvalue weighted by atomic mass is 9.93. The maximum atomic E-state index is 8.85. The summed E-state index contributed by atoms with van der Waals surface area (Å²) < 4.78 is 12.0. The Labute approximate surface area is 180 Å². The Bertz CT molecular complexity index is 1050. The third-order valence-corrected chi connectivity index (χ3v) is 5.45. The van der Waals surface area contributed by atoms with Gasteiger partial charge in [0.15, 0.2) is 11.5 Å². The SMILES string of the molecule is CNC1CCC(Oc2cccc(OC)c2-c2cc(Nc3cnc(C#N)cn3)n[nH]2)CC1. The van der Waals surface area contributed by atoms with Crippen LogP contribution >= 0.6 is 0 Å². The van der Waals surface area contributed by atoms with Gasteiger partial charge in [0.25, 0.3) is 0 Å². The minimum atomic E-state index is 0.171. The number of hydrogen-bond donors (Lipinski definition) is 3. The van der Waals surface area contributed by atoms with Gasteiger partial charge in [0, 0.05) is 12.1 Å². The number of nitrogens with one attached hydrogen (secondary N) is 3. The summed E-state index contributed by atoms with van der Waals surface area (Å²) in [5.41, 5.74) is 1.85. The van der Waals surface area contributed by atoms with Gasteiger partial charge in [0.2, 0.25) is 0 Å². The molecule has 4 rings (SSSR count). The second-order valence-corrected chi connectivity index (χ2v) is 7.40. The molecule has 0 unspecified atom stereocenters. The molecule has 2 heterocycles. The Hall–Kier alpha value is -3.64. The summed E-state index contributed by atoms with van der Waals surface area (Å²) in [4.78, 5) is 8.17. The van der Waals surface area contributed by atoms with Crippen molar-refractivity contribution < 1.29 is 9.47 Å². The van der Waals surface area contributed by atoms with Crippen LogP contribution in [0.3, 0.4) is 0 Å². The van der Waals surface area contributed by atoms with E-state index in [0.717, 1.165) is 42.7 Å². The van der Waals surface area contributed by atoms with Crippen molar-refractivity contribution in [3.05, 3.63) is 42.4 Å². The van der Waals surface area contributed by atoms with Crippen LogP contribution in [0.5, 0.6) is 11.5 Å². The minimum absolute atomic E-state index is 0.171. The van der Waals surface area contributed by atoms with Gasteiger partial charge in [-0.1, -0.05) is 6.07 Å². The summed E-state index contributed by atoms with van der Waals surface area (Å²) in [6, 6.07) is 10.2. The molecule has 1 saturated carbocycles. The zero-order valence-electron chi connectivity index (χ0n) is 17.6. The number of anilines is 2. The fraction of sp³-hybridized carbons (Fsp3) is 0.364.